The van der Waals surface area contributed by atoms with Crippen LogP contribution in [0.4, 0.5) is 0 Å². The summed E-state index contributed by atoms with van der Waals surface area (Å²) in [5.41, 5.74) is -2.23. The lowest BCUT2D eigenvalue weighted by Crippen LogP contribution is -2.64. The topological polar surface area (TPSA) is 118 Å². The largest absolute Gasteiger partial charge is 0.475 e. The number of carbonyl (C=O) groups is 4. The van der Waals surface area contributed by atoms with E-state index >= 15 is 0 Å². The average Bonchev–Trinajstić information content (AvgIpc) is 2.94. The van der Waals surface area contributed by atoms with E-state index in [1.165, 1.54) is 6.92 Å². The number of fused-ring (bicyclic) bond motifs is 5. The number of hydrogen-bond acceptors (Lipinski definition) is 6. The van der Waals surface area contributed by atoms with Gasteiger partial charge in [0.05, 0.1) is 6.10 Å². The normalized spacial score (nSPS) is 45.8. The molecule has 3 saturated carbocycles. The summed E-state index contributed by atoms with van der Waals surface area (Å²) in [7, 11) is 0. The molecule has 0 bridgehead atoms. The van der Waals surface area contributed by atoms with E-state index in [-0.39, 0.29) is 42.3 Å². The van der Waals surface area contributed by atoms with Crippen molar-refractivity contribution in [2.45, 2.75) is 65.1 Å². The summed E-state index contributed by atoms with van der Waals surface area (Å²) < 4.78 is 5.54. The fraction of sp³-hybridized carbons (Fsp3) is 0.667. The first-order valence-corrected chi connectivity index (χ1v) is 11.0. The van der Waals surface area contributed by atoms with Crippen LogP contribution in [0.1, 0.15) is 53.4 Å². The van der Waals surface area contributed by atoms with Crippen LogP contribution in [0.25, 0.3) is 0 Å². The van der Waals surface area contributed by atoms with E-state index in [2.05, 4.69) is 13.8 Å². The van der Waals surface area contributed by atoms with Gasteiger partial charge in [0, 0.05) is 23.7 Å². The summed E-state index contributed by atoms with van der Waals surface area (Å²) in [6, 6.07) is 0. The van der Waals surface area contributed by atoms with Gasteiger partial charge < -0.3 is 14.9 Å². The molecular formula is C24H30O7. The van der Waals surface area contributed by atoms with Gasteiger partial charge >= 0.3 is 11.9 Å². The van der Waals surface area contributed by atoms with Gasteiger partial charge in [-0.25, -0.2) is 4.79 Å². The smallest absolute Gasteiger partial charge is 0.376 e. The molecule has 0 amide bonds. The maximum Gasteiger partial charge on any atom is 0.376 e. The van der Waals surface area contributed by atoms with Crippen molar-refractivity contribution in [3.05, 3.63) is 23.8 Å². The number of aliphatic hydroxyl groups excluding tert-OH is 1. The van der Waals surface area contributed by atoms with E-state index in [0.717, 1.165) is 12.0 Å². The van der Waals surface area contributed by atoms with Crippen molar-refractivity contribution >= 4 is 23.5 Å². The van der Waals surface area contributed by atoms with Crippen molar-refractivity contribution in [3.8, 4) is 0 Å². The molecule has 0 heterocycles. The molecular weight excluding hydrogens is 400 g/mol. The molecule has 0 spiro atoms. The molecule has 2 N–H and O–H groups in total. The van der Waals surface area contributed by atoms with Crippen LogP contribution in [0.15, 0.2) is 23.8 Å². The summed E-state index contributed by atoms with van der Waals surface area (Å²) in [6.45, 7) is 7.10. The number of ketones is 2. The zero-order valence-electron chi connectivity index (χ0n) is 18.4. The minimum Gasteiger partial charge on any atom is -0.475 e. The Bertz CT molecular complexity index is 932. The Labute approximate surface area is 181 Å². The molecule has 31 heavy (non-hydrogen) atoms. The summed E-state index contributed by atoms with van der Waals surface area (Å²) in [4.78, 5) is 48.6. The molecule has 168 valence electrons. The lowest BCUT2D eigenvalue weighted by atomic mass is 9.44. The van der Waals surface area contributed by atoms with Crippen molar-refractivity contribution < 1.29 is 34.1 Å². The summed E-state index contributed by atoms with van der Waals surface area (Å²) in [6.07, 6.45) is 5.88. The number of ether oxygens (including phenoxy) is 1. The fourth-order valence-corrected chi connectivity index (χ4v) is 7.74. The van der Waals surface area contributed by atoms with E-state index in [1.54, 1.807) is 19.1 Å². The number of rotatable bonds is 3. The van der Waals surface area contributed by atoms with Crippen LogP contribution < -0.4 is 0 Å². The highest BCUT2D eigenvalue weighted by Crippen LogP contribution is 2.68. The predicted octanol–water partition coefficient (Wildman–Crippen LogP) is 2.47. The number of aliphatic hydroxyl groups is 1. The van der Waals surface area contributed by atoms with Crippen LogP contribution in [0.2, 0.25) is 0 Å². The van der Waals surface area contributed by atoms with Gasteiger partial charge in [0.1, 0.15) is 0 Å². The third-order valence-corrected chi connectivity index (χ3v) is 8.82. The second-order valence-corrected chi connectivity index (χ2v) is 10.3. The molecule has 0 saturated heterocycles. The van der Waals surface area contributed by atoms with Gasteiger partial charge in [-0.3, -0.25) is 14.4 Å². The van der Waals surface area contributed by atoms with E-state index in [4.69, 9.17) is 4.74 Å². The van der Waals surface area contributed by atoms with Gasteiger partial charge in [0.25, 0.3) is 5.78 Å². The van der Waals surface area contributed by atoms with Crippen molar-refractivity contribution in [2.75, 3.05) is 0 Å². The highest BCUT2D eigenvalue weighted by molar-refractivity contribution is 6.36. The van der Waals surface area contributed by atoms with Crippen LogP contribution in [0, 0.1) is 34.5 Å². The Balaban J connectivity index is 1.81. The Morgan fingerprint density at radius 3 is 2.52 bits per heavy atom. The van der Waals surface area contributed by atoms with Crippen LogP contribution >= 0.6 is 0 Å². The van der Waals surface area contributed by atoms with Crippen molar-refractivity contribution in [1.29, 1.82) is 0 Å². The molecule has 7 nitrogen and oxygen atoms in total. The molecule has 8 atom stereocenters. The average molecular weight is 430 g/mol. The number of carboxylic acid groups (broad SMARTS) is 1. The number of hydrogen-bond donors (Lipinski definition) is 2. The van der Waals surface area contributed by atoms with Crippen LogP contribution in [-0.4, -0.2) is 45.4 Å². The lowest BCUT2D eigenvalue weighted by molar-refractivity contribution is -0.200. The van der Waals surface area contributed by atoms with Gasteiger partial charge in [-0.15, -0.1) is 0 Å². The summed E-state index contributed by atoms with van der Waals surface area (Å²) in [5.74, 6) is -3.62. The highest BCUT2D eigenvalue weighted by Gasteiger charge is 2.71. The zero-order valence-corrected chi connectivity index (χ0v) is 18.4. The zero-order chi connectivity index (χ0) is 22.9. The number of carboxylic acids is 1. The third-order valence-electron chi connectivity index (χ3n) is 8.82. The Hall–Kier alpha value is -2.28. The molecule has 0 aromatic rings. The van der Waals surface area contributed by atoms with Gasteiger partial charge in [0.2, 0.25) is 0 Å². The van der Waals surface area contributed by atoms with Crippen molar-refractivity contribution in [3.63, 3.8) is 0 Å². The lowest BCUT2D eigenvalue weighted by Gasteiger charge is -2.60. The van der Waals surface area contributed by atoms with Crippen LogP contribution in [0.5, 0.6) is 0 Å². The standard InChI is InChI=1S/C24H30O7/c1-12-9-15-16-6-8-24(31-13(2)25,20(28)21(29)30)23(16,4)11-18(27)19(15)22(3)7-5-14(26)10-17(12)22/h5,7,10,12,15-16,18-19,27H,6,8-9,11H2,1-4H3,(H,29,30)/t12-,15-,16-,18-,19+,22-,23-,24-/m0/s1. The minimum absolute atomic E-state index is 0.00257. The van der Waals surface area contributed by atoms with Crippen LogP contribution in [0.3, 0.4) is 0 Å². The first-order chi connectivity index (χ1) is 14.4. The molecule has 4 aliphatic carbocycles. The molecule has 4 aliphatic rings. The summed E-state index contributed by atoms with van der Waals surface area (Å²) >= 11 is 0. The van der Waals surface area contributed by atoms with E-state index < -0.39 is 40.3 Å². The first-order valence-electron chi connectivity index (χ1n) is 11.0. The van der Waals surface area contributed by atoms with E-state index in [9.17, 15) is 29.4 Å². The maximum absolute atomic E-state index is 12.9. The second-order valence-electron chi connectivity index (χ2n) is 10.3. The Kier molecular flexibility index (Phi) is 4.85. The molecule has 0 radical (unpaired) electrons. The minimum atomic E-state index is -1.78. The number of allylic oxidation sites excluding steroid dienone is 4. The molecule has 0 aliphatic heterocycles. The Morgan fingerprint density at radius 1 is 1.23 bits per heavy atom. The quantitative estimate of drug-likeness (QED) is 0.522. The van der Waals surface area contributed by atoms with Crippen molar-refractivity contribution in [2.24, 2.45) is 34.5 Å². The molecule has 3 fully saturated rings. The Morgan fingerprint density at radius 2 is 1.90 bits per heavy atom. The molecule has 0 unspecified atom stereocenters. The number of esters is 1. The monoisotopic (exact) mass is 430 g/mol. The van der Waals surface area contributed by atoms with E-state index in [0.29, 0.717) is 6.42 Å². The second kappa shape index (κ2) is 6.86. The van der Waals surface area contributed by atoms with Gasteiger partial charge in [-0.1, -0.05) is 32.4 Å². The number of carbonyl (C=O) groups excluding carboxylic acids is 3. The molecule has 7 heteroatoms. The van der Waals surface area contributed by atoms with Crippen LogP contribution in [-0.2, 0) is 23.9 Å². The van der Waals surface area contributed by atoms with E-state index in [1.807, 2.05) is 6.08 Å². The maximum atomic E-state index is 12.9. The molecule has 0 aromatic heterocycles. The fourth-order valence-electron chi connectivity index (χ4n) is 7.74. The number of Topliss-reactive ketones (excluding diaryl/α,β-unsaturated/α-hetero) is 1. The van der Waals surface area contributed by atoms with Gasteiger partial charge in [-0.2, -0.15) is 0 Å². The van der Waals surface area contributed by atoms with Gasteiger partial charge in [-0.05, 0) is 55.6 Å². The number of aliphatic carboxylic acids is 1. The molecule has 0 aromatic carbocycles. The van der Waals surface area contributed by atoms with Gasteiger partial charge in [0.15, 0.2) is 11.4 Å². The molecule has 4 rings (SSSR count). The van der Waals surface area contributed by atoms with Crippen molar-refractivity contribution in [1.82, 2.24) is 0 Å². The summed E-state index contributed by atoms with van der Waals surface area (Å²) in [5, 5.41) is 20.9. The SMILES string of the molecule is CC(=O)O[C@]1(C(=O)C(=O)O)CC[C@H]2[C@@H]3C[C@H](C)C4=CC(=O)C=C[C@]4(C)[C@H]3[C@@H](O)C[C@@]21C. The highest BCUT2D eigenvalue weighted by atomic mass is 16.6. The first kappa shape index (κ1) is 21.9. The predicted molar refractivity (Wildman–Crippen MR) is 110 cm³/mol. The third kappa shape index (κ3) is 2.81.